The number of benzene rings is 1. The molecule has 0 fully saturated rings. The van der Waals surface area contributed by atoms with Crippen LogP contribution in [0.5, 0.6) is 5.75 Å². The second-order valence-electron chi connectivity index (χ2n) is 5.38. The van der Waals surface area contributed by atoms with Crippen molar-refractivity contribution in [3.05, 3.63) is 29.3 Å². The molecule has 1 aromatic rings. The van der Waals surface area contributed by atoms with Gasteiger partial charge in [-0.3, -0.25) is 4.90 Å². The third kappa shape index (κ3) is 8.97. The lowest BCUT2D eigenvalue weighted by Crippen LogP contribution is -2.24. The number of ether oxygens (including phenoxy) is 1. The lowest BCUT2D eigenvalue weighted by atomic mass is 10.1. The first-order chi connectivity index (χ1) is 10.8. The first-order valence-corrected chi connectivity index (χ1v) is 8.70. The van der Waals surface area contributed by atoms with Crippen LogP contribution in [0.1, 0.15) is 46.0 Å². The van der Waals surface area contributed by atoms with Gasteiger partial charge in [-0.2, -0.15) is 0 Å². The first kappa shape index (κ1) is 18.9. The Morgan fingerprint density at radius 2 is 1.73 bits per heavy atom. The minimum absolute atomic E-state index is 0.426. The van der Waals surface area contributed by atoms with E-state index in [1.54, 1.807) is 0 Å². The summed E-state index contributed by atoms with van der Waals surface area (Å²) < 4.78 is 5.55. The number of halogens is 1. The maximum Gasteiger partial charge on any atom is 0.149 e. The normalized spacial score (nSPS) is 10.4. The lowest BCUT2D eigenvalue weighted by Gasteiger charge is -2.16. The highest BCUT2D eigenvalue weighted by atomic mass is 35.5. The van der Waals surface area contributed by atoms with Gasteiger partial charge in [-0.15, -0.1) is 0 Å². The van der Waals surface area contributed by atoms with Crippen molar-refractivity contribution in [1.29, 1.82) is 0 Å². The van der Waals surface area contributed by atoms with Crippen LogP contribution in [-0.4, -0.2) is 31.1 Å². The molecule has 0 saturated carbocycles. The van der Waals surface area contributed by atoms with Crippen LogP contribution in [0.15, 0.2) is 24.3 Å². The fourth-order valence-electron chi connectivity index (χ4n) is 2.16. The third-order valence-corrected chi connectivity index (χ3v) is 3.83. The molecule has 0 heterocycles. The largest absolute Gasteiger partial charge is 0.481 e. The topological polar surface area (TPSA) is 12.5 Å². The van der Waals surface area contributed by atoms with Crippen molar-refractivity contribution in [3.63, 3.8) is 0 Å². The van der Waals surface area contributed by atoms with Gasteiger partial charge >= 0.3 is 0 Å². The molecule has 0 saturated heterocycles. The highest BCUT2D eigenvalue weighted by Gasteiger charge is 1.99. The Labute approximate surface area is 140 Å². The van der Waals surface area contributed by atoms with Crippen molar-refractivity contribution < 1.29 is 4.74 Å². The lowest BCUT2D eigenvalue weighted by molar-refractivity contribution is 0.313. The van der Waals surface area contributed by atoms with Crippen LogP contribution in [0, 0.1) is 11.8 Å². The highest BCUT2D eigenvalue weighted by molar-refractivity contribution is 6.30. The Balaban J connectivity index is 2.16. The zero-order valence-electron chi connectivity index (χ0n) is 13.9. The van der Waals surface area contributed by atoms with E-state index in [-0.39, 0.29) is 0 Å². The van der Waals surface area contributed by atoms with Crippen molar-refractivity contribution in [2.45, 2.75) is 46.0 Å². The van der Waals surface area contributed by atoms with Gasteiger partial charge < -0.3 is 4.74 Å². The second-order valence-corrected chi connectivity index (χ2v) is 5.82. The summed E-state index contributed by atoms with van der Waals surface area (Å²) in [5.41, 5.74) is 0. The van der Waals surface area contributed by atoms with E-state index >= 15 is 0 Å². The Morgan fingerprint density at radius 1 is 1.00 bits per heavy atom. The summed E-state index contributed by atoms with van der Waals surface area (Å²) in [6.07, 6.45) is 6.62. The van der Waals surface area contributed by atoms with Crippen molar-refractivity contribution >= 4 is 11.6 Å². The minimum Gasteiger partial charge on any atom is -0.481 e. The Morgan fingerprint density at radius 3 is 2.41 bits per heavy atom. The summed E-state index contributed by atoms with van der Waals surface area (Å²) in [5.74, 6) is 7.08. The Hall–Kier alpha value is -1.17. The fourth-order valence-corrected chi connectivity index (χ4v) is 2.28. The van der Waals surface area contributed by atoms with Crippen molar-refractivity contribution in [3.8, 4) is 17.6 Å². The standard InChI is InChI=1S/C19H28ClNO/c1-3-5-6-7-8-15-21(4-2)16-9-10-17-22-19-13-11-18(20)12-14-19/h11-14H,3-8,15-17H2,1-2H3. The number of hydrogen-bond acceptors (Lipinski definition) is 2. The van der Waals surface area contributed by atoms with Crippen LogP contribution in [-0.2, 0) is 0 Å². The van der Waals surface area contributed by atoms with Crippen LogP contribution in [0.4, 0.5) is 0 Å². The summed E-state index contributed by atoms with van der Waals surface area (Å²) in [6.45, 7) is 7.90. The van der Waals surface area contributed by atoms with Gasteiger partial charge in [0.05, 0.1) is 6.54 Å². The van der Waals surface area contributed by atoms with Crippen LogP contribution in [0.3, 0.4) is 0 Å². The molecular formula is C19H28ClNO. The van der Waals surface area contributed by atoms with Crippen LogP contribution in [0.25, 0.3) is 0 Å². The molecular weight excluding hydrogens is 294 g/mol. The van der Waals surface area contributed by atoms with Crippen molar-refractivity contribution in [2.24, 2.45) is 0 Å². The first-order valence-electron chi connectivity index (χ1n) is 8.32. The molecule has 3 heteroatoms. The van der Waals surface area contributed by atoms with E-state index in [0.29, 0.717) is 6.61 Å². The van der Waals surface area contributed by atoms with Crippen molar-refractivity contribution in [2.75, 3.05) is 26.2 Å². The van der Waals surface area contributed by atoms with Gasteiger partial charge in [0, 0.05) is 5.02 Å². The minimum atomic E-state index is 0.426. The molecule has 2 nitrogen and oxygen atoms in total. The second kappa shape index (κ2) is 12.4. The summed E-state index contributed by atoms with van der Waals surface area (Å²) in [5, 5.41) is 0.718. The fraction of sp³-hybridized carbons (Fsp3) is 0.579. The Kier molecular flexibility index (Phi) is 10.6. The molecule has 1 aromatic carbocycles. The average Bonchev–Trinajstić information content (AvgIpc) is 2.54. The third-order valence-electron chi connectivity index (χ3n) is 3.58. The summed E-state index contributed by atoms with van der Waals surface area (Å²) in [7, 11) is 0. The molecule has 0 aliphatic rings. The molecule has 0 amide bonds. The summed E-state index contributed by atoms with van der Waals surface area (Å²) >= 11 is 5.83. The van der Waals surface area contributed by atoms with E-state index in [1.807, 2.05) is 24.3 Å². The molecule has 22 heavy (non-hydrogen) atoms. The van der Waals surface area contributed by atoms with Crippen molar-refractivity contribution in [1.82, 2.24) is 4.90 Å². The molecule has 0 aliphatic carbocycles. The van der Waals surface area contributed by atoms with Crippen LogP contribution in [0.2, 0.25) is 5.02 Å². The smallest absolute Gasteiger partial charge is 0.149 e. The zero-order chi connectivity index (χ0) is 16.0. The quantitative estimate of drug-likeness (QED) is 0.443. The van der Waals surface area contributed by atoms with Crippen LogP contribution < -0.4 is 4.74 Å². The number of nitrogens with zero attached hydrogens (tertiary/aromatic N) is 1. The van der Waals surface area contributed by atoms with E-state index in [2.05, 4.69) is 30.6 Å². The molecule has 0 aliphatic heterocycles. The predicted molar refractivity (Wildman–Crippen MR) is 95.6 cm³/mol. The summed E-state index contributed by atoms with van der Waals surface area (Å²) in [4.78, 5) is 2.39. The van der Waals surface area contributed by atoms with E-state index in [4.69, 9.17) is 16.3 Å². The van der Waals surface area contributed by atoms with E-state index in [9.17, 15) is 0 Å². The average molecular weight is 322 g/mol. The number of rotatable bonds is 10. The maximum absolute atomic E-state index is 5.83. The van der Waals surface area contributed by atoms with Gasteiger partial charge in [-0.1, -0.05) is 63.0 Å². The van der Waals surface area contributed by atoms with Crippen LogP contribution >= 0.6 is 11.6 Å². The molecule has 0 aromatic heterocycles. The molecule has 122 valence electrons. The van der Waals surface area contributed by atoms with Gasteiger partial charge in [0.15, 0.2) is 0 Å². The zero-order valence-corrected chi connectivity index (χ0v) is 14.7. The molecule has 0 radical (unpaired) electrons. The predicted octanol–water partition coefficient (Wildman–Crippen LogP) is 5.01. The van der Waals surface area contributed by atoms with Gasteiger partial charge in [-0.25, -0.2) is 0 Å². The van der Waals surface area contributed by atoms with Gasteiger partial charge in [0.2, 0.25) is 0 Å². The van der Waals surface area contributed by atoms with Gasteiger partial charge in [0.25, 0.3) is 0 Å². The van der Waals surface area contributed by atoms with E-state index in [0.717, 1.165) is 30.4 Å². The maximum atomic E-state index is 5.83. The molecule has 1 rings (SSSR count). The van der Waals surface area contributed by atoms with E-state index in [1.165, 1.54) is 32.1 Å². The number of unbranched alkanes of at least 4 members (excludes halogenated alkanes) is 4. The SMILES string of the molecule is CCCCCCCN(CC)CC#CCOc1ccc(Cl)cc1. The molecule has 0 N–H and O–H groups in total. The van der Waals surface area contributed by atoms with Gasteiger partial charge in [0.1, 0.15) is 12.4 Å². The molecule has 0 spiro atoms. The molecule has 0 atom stereocenters. The number of hydrogen-bond donors (Lipinski definition) is 0. The van der Waals surface area contributed by atoms with Gasteiger partial charge in [-0.05, 0) is 43.8 Å². The molecule has 0 bridgehead atoms. The monoisotopic (exact) mass is 321 g/mol. The molecule has 0 unspecified atom stereocenters. The Bertz CT molecular complexity index is 447. The van der Waals surface area contributed by atoms with E-state index < -0.39 is 0 Å². The summed E-state index contributed by atoms with van der Waals surface area (Å²) in [6, 6.07) is 7.36. The highest BCUT2D eigenvalue weighted by Crippen LogP contribution is 2.15.